The van der Waals surface area contributed by atoms with Gasteiger partial charge in [-0.2, -0.15) is 0 Å². The van der Waals surface area contributed by atoms with E-state index in [0.29, 0.717) is 17.9 Å². The molecule has 0 heterocycles. The van der Waals surface area contributed by atoms with E-state index in [9.17, 15) is 4.79 Å². The quantitative estimate of drug-likeness (QED) is 0.329. The molecule has 6 heteroatoms. The van der Waals surface area contributed by atoms with Crippen LogP contribution < -0.4 is 4.74 Å². The third kappa shape index (κ3) is 4.10. The summed E-state index contributed by atoms with van der Waals surface area (Å²) in [5.41, 5.74) is 1.69. The Balaban J connectivity index is 2.75. The van der Waals surface area contributed by atoms with E-state index < -0.39 is 0 Å². The second kappa shape index (κ2) is 6.47. The number of methoxy groups -OCH3 is 1. The van der Waals surface area contributed by atoms with E-state index in [1.54, 1.807) is 14.2 Å². The first kappa shape index (κ1) is 13.0. The van der Waals surface area contributed by atoms with Gasteiger partial charge in [0.05, 0.1) is 7.11 Å². The molecule has 0 saturated heterocycles. The molecule has 0 N–H and O–H groups in total. The fourth-order valence-corrected chi connectivity index (χ4v) is 1.17. The van der Waals surface area contributed by atoms with Crippen molar-refractivity contribution in [1.29, 1.82) is 0 Å². The monoisotopic (exact) mass is 237 g/mol. The average Bonchev–Trinajstić information content (AvgIpc) is 2.34. The van der Waals surface area contributed by atoms with Crippen LogP contribution in [0.25, 0.3) is 0 Å². The van der Waals surface area contributed by atoms with Gasteiger partial charge in [0, 0.05) is 7.05 Å². The van der Waals surface area contributed by atoms with Crippen LogP contribution in [0.4, 0.5) is 5.69 Å². The summed E-state index contributed by atoms with van der Waals surface area (Å²) in [5.74, 6) is 0.643. The number of hydrogen-bond acceptors (Lipinski definition) is 5. The average molecular weight is 237 g/mol. The fraction of sp³-hybridized carbons (Fsp3) is 0.364. The van der Waals surface area contributed by atoms with Crippen LogP contribution >= 0.6 is 0 Å². The van der Waals surface area contributed by atoms with Gasteiger partial charge in [-0.05, 0) is 24.6 Å². The van der Waals surface area contributed by atoms with Crippen LogP contribution in [0.3, 0.4) is 0 Å². The van der Waals surface area contributed by atoms with E-state index in [4.69, 9.17) is 4.74 Å². The molecule has 1 aromatic carbocycles. The maximum absolute atomic E-state index is 9.99. The van der Waals surface area contributed by atoms with Gasteiger partial charge in [0.1, 0.15) is 11.4 Å². The first-order chi connectivity index (χ1) is 8.17. The summed E-state index contributed by atoms with van der Waals surface area (Å²) in [7, 11) is 3.22. The Morgan fingerprint density at radius 3 is 2.88 bits per heavy atom. The Morgan fingerprint density at radius 2 is 2.24 bits per heavy atom. The third-order valence-electron chi connectivity index (χ3n) is 1.97. The van der Waals surface area contributed by atoms with E-state index in [1.807, 2.05) is 25.1 Å². The Morgan fingerprint density at radius 1 is 1.47 bits per heavy atom. The molecule has 0 atom stereocenters. The van der Waals surface area contributed by atoms with Gasteiger partial charge < -0.3 is 9.47 Å². The zero-order valence-electron chi connectivity index (χ0n) is 10.1. The number of hydrogen-bond donors (Lipinski definition) is 0. The molecule has 0 radical (unpaired) electrons. The summed E-state index contributed by atoms with van der Waals surface area (Å²) in [6.07, 6.45) is 0. The van der Waals surface area contributed by atoms with Crippen molar-refractivity contribution in [1.82, 2.24) is 5.01 Å². The SMILES string of the molecule is COc1ccc(C)cc1/N=N/N(C)COC=O. The molecule has 0 saturated carbocycles. The summed E-state index contributed by atoms with van der Waals surface area (Å²) in [6, 6.07) is 5.61. The molecule has 1 rings (SSSR count). The highest BCUT2D eigenvalue weighted by molar-refractivity contribution is 5.52. The lowest BCUT2D eigenvalue weighted by molar-refractivity contribution is -0.132. The minimum Gasteiger partial charge on any atom is -0.494 e. The van der Waals surface area contributed by atoms with Crippen molar-refractivity contribution in [2.24, 2.45) is 10.3 Å². The van der Waals surface area contributed by atoms with Gasteiger partial charge in [-0.25, -0.2) is 5.01 Å². The summed E-state index contributed by atoms with van der Waals surface area (Å²) in [4.78, 5) is 9.99. The maximum Gasteiger partial charge on any atom is 0.294 e. The third-order valence-corrected chi connectivity index (χ3v) is 1.97. The van der Waals surface area contributed by atoms with Crippen molar-refractivity contribution in [3.05, 3.63) is 23.8 Å². The first-order valence-electron chi connectivity index (χ1n) is 5.00. The van der Waals surface area contributed by atoms with Gasteiger partial charge in [0.15, 0.2) is 6.73 Å². The van der Waals surface area contributed by atoms with Crippen molar-refractivity contribution in [3.63, 3.8) is 0 Å². The number of ether oxygens (including phenoxy) is 2. The Hall–Kier alpha value is -2.11. The molecule has 6 nitrogen and oxygen atoms in total. The minimum atomic E-state index is 0.0567. The van der Waals surface area contributed by atoms with Gasteiger partial charge in [-0.15, -0.1) is 5.11 Å². The van der Waals surface area contributed by atoms with Crippen LogP contribution in [0.5, 0.6) is 5.75 Å². The zero-order chi connectivity index (χ0) is 12.7. The molecule has 0 aliphatic heterocycles. The molecule has 0 fully saturated rings. The normalized spacial score (nSPS) is 10.3. The first-order valence-corrected chi connectivity index (χ1v) is 5.00. The largest absolute Gasteiger partial charge is 0.494 e. The molecule has 1 aromatic rings. The van der Waals surface area contributed by atoms with Crippen molar-refractivity contribution in [2.45, 2.75) is 6.92 Å². The number of rotatable bonds is 6. The second-order valence-corrected chi connectivity index (χ2v) is 3.41. The fourth-order valence-electron chi connectivity index (χ4n) is 1.17. The van der Waals surface area contributed by atoms with E-state index in [1.165, 1.54) is 5.01 Å². The molecule has 0 aliphatic carbocycles. The highest BCUT2D eigenvalue weighted by Gasteiger charge is 2.02. The number of benzene rings is 1. The van der Waals surface area contributed by atoms with Crippen molar-refractivity contribution in [3.8, 4) is 5.75 Å². The Kier molecular flexibility index (Phi) is 4.93. The van der Waals surface area contributed by atoms with E-state index in [0.717, 1.165) is 5.56 Å². The van der Waals surface area contributed by atoms with Crippen molar-refractivity contribution < 1.29 is 14.3 Å². The van der Waals surface area contributed by atoms with Crippen LogP contribution in [0.15, 0.2) is 28.5 Å². The Bertz CT molecular complexity index is 407. The summed E-state index contributed by atoms with van der Waals surface area (Å²) in [5, 5.41) is 9.30. The lowest BCUT2D eigenvalue weighted by Gasteiger charge is -2.09. The lowest BCUT2D eigenvalue weighted by atomic mass is 10.2. The van der Waals surface area contributed by atoms with Gasteiger partial charge in [0.2, 0.25) is 0 Å². The van der Waals surface area contributed by atoms with Gasteiger partial charge in [-0.3, -0.25) is 4.79 Å². The van der Waals surface area contributed by atoms with Gasteiger partial charge >= 0.3 is 0 Å². The standard InChI is InChI=1S/C11H15N3O3/c1-9-4-5-11(16-3)10(6-9)12-13-14(2)7-17-8-15/h4-6,8H,7H2,1-3H3/b13-12+. The van der Waals surface area contributed by atoms with Gasteiger partial charge in [0.25, 0.3) is 6.47 Å². The molecular formula is C11H15N3O3. The predicted octanol–water partition coefficient (Wildman–Crippen LogP) is 2.06. The number of carbonyl (C=O) groups is 1. The highest BCUT2D eigenvalue weighted by Crippen LogP contribution is 2.28. The predicted molar refractivity (Wildman–Crippen MR) is 62.0 cm³/mol. The molecule has 17 heavy (non-hydrogen) atoms. The van der Waals surface area contributed by atoms with Crippen molar-refractivity contribution in [2.75, 3.05) is 20.9 Å². The molecule has 0 aliphatic rings. The lowest BCUT2D eigenvalue weighted by Crippen LogP contribution is -2.13. The van der Waals surface area contributed by atoms with Crippen molar-refractivity contribution >= 4 is 12.2 Å². The molecule has 0 unspecified atom stereocenters. The molecule has 0 spiro atoms. The number of nitrogens with zero attached hydrogens (tertiary/aromatic N) is 3. The second-order valence-electron chi connectivity index (χ2n) is 3.41. The molecular weight excluding hydrogens is 222 g/mol. The topological polar surface area (TPSA) is 63.5 Å². The van der Waals surface area contributed by atoms with Gasteiger partial charge in [-0.1, -0.05) is 11.3 Å². The summed E-state index contributed by atoms with van der Waals surface area (Å²) in [6.45, 7) is 2.37. The molecule has 0 bridgehead atoms. The van der Waals surface area contributed by atoms with Crippen LogP contribution in [-0.2, 0) is 9.53 Å². The minimum absolute atomic E-state index is 0.0567. The summed E-state index contributed by atoms with van der Waals surface area (Å²) >= 11 is 0. The molecule has 0 amide bonds. The number of carbonyl (C=O) groups excluding carboxylic acids is 1. The Labute approximate surface area is 99.8 Å². The highest BCUT2D eigenvalue weighted by atomic mass is 16.5. The zero-order valence-corrected chi connectivity index (χ0v) is 10.1. The molecule has 0 aromatic heterocycles. The van der Waals surface area contributed by atoms with Crippen LogP contribution in [0, 0.1) is 6.92 Å². The van der Waals surface area contributed by atoms with Crippen LogP contribution in [0.2, 0.25) is 0 Å². The smallest absolute Gasteiger partial charge is 0.294 e. The van der Waals surface area contributed by atoms with Crippen LogP contribution in [-0.4, -0.2) is 32.4 Å². The van der Waals surface area contributed by atoms with E-state index in [2.05, 4.69) is 15.1 Å². The van der Waals surface area contributed by atoms with E-state index >= 15 is 0 Å². The molecule has 92 valence electrons. The van der Waals surface area contributed by atoms with E-state index in [-0.39, 0.29) is 6.73 Å². The maximum atomic E-state index is 9.99. The summed E-state index contributed by atoms with van der Waals surface area (Å²) < 4.78 is 9.68. The van der Waals surface area contributed by atoms with Crippen LogP contribution in [0.1, 0.15) is 5.56 Å². The number of aryl methyl sites for hydroxylation is 1.